The summed E-state index contributed by atoms with van der Waals surface area (Å²) >= 11 is 1.38. The van der Waals surface area contributed by atoms with Crippen molar-refractivity contribution < 1.29 is 15.0 Å². The number of carboxylic acid groups (broad SMARTS) is 1. The molecule has 0 saturated heterocycles. The standard InChI is InChI=1S/C11H14O3S/c1-7(12)8(2)15-10-6-4-3-5-9(10)11(13)14/h3-8,12H,1-2H3,(H,13,14). The van der Waals surface area contributed by atoms with Crippen LogP contribution in [0, 0.1) is 0 Å². The van der Waals surface area contributed by atoms with Crippen LogP contribution in [0.4, 0.5) is 0 Å². The molecule has 1 rings (SSSR count). The molecule has 0 amide bonds. The van der Waals surface area contributed by atoms with Gasteiger partial charge in [-0.1, -0.05) is 19.1 Å². The van der Waals surface area contributed by atoms with Gasteiger partial charge in [-0.3, -0.25) is 0 Å². The highest BCUT2D eigenvalue weighted by molar-refractivity contribution is 8.00. The minimum Gasteiger partial charge on any atom is -0.478 e. The van der Waals surface area contributed by atoms with E-state index < -0.39 is 12.1 Å². The van der Waals surface area contributed by atoms with Gasteiger partial charge in [-0.2, -0.15) is 0 Å². The summed E-state index contributed by atoms with van der Waals surface area (Å²) in [6.07, 6.45) is -0.461. The summed E-state index contributed by atoms with van der Waals surface area (Å²) in [5.41, 5.74) is 0.287. The third-order valence-corrected chi connectivity index (χ3v) is 3.49. The highest BCUT2D eigenvalue weighted by Gasteiger charge is 2.15. The van der Waals surface area contributed by atoms with Crippen LogP contribution in [0.15, 0.2) is 29.2 Å². The van der Waals surface area contributed by atoms with Crippen LogP contribution in [0.3, 0.4) is 0 Å². The molecule has 0 heterocycles. The number of hydrogen-bond acceptors (Lipinski definition) is 3. The van der Waals surface area contributed by atoms with E-state index in [9.17, 15) is 9.90 Å². The normalized spacial score (nSPS) is 14.6. The van der Waals surface area contributed by atoms with E-state index in [0.29, 0.717) is 4.90 Å². The third kappa shape index (κ3) is 3.25. The summed E-state index contributed by atoms with van der Waals surface area (Å²) in [5.74, 6) is -0.934. The second kappa shape index (κ2) is 5.19. The number of carbonyl (C=O) groups is 1. The molecule has 0 aliphatic carbocycles. The second-order valence-electron chi connectivity index (χ2n) is 3.36. The molecule has 0 spiro atoms. The molecule has 1 aromatic carbocycles. The van der Waals surface area contributed by atoms with E-state index in [0.717, 1.165) is 0 Å². The van der Waals surface area contributed by atoms with E-state index >= 15 is 0 Å². The van der Waals surface area contributed by atoms with Gasteiger partial charge in [0.05, 0.1) is 11.7 Å². The van der Waals surface area contributed by atoms with Crippen LogP contribution in [-0.2, 0) is 0 Å². The fourth-order valence-electron chi connectivity index (χ4n) is 1.04. The summed E-state index contributed by atoms with van der Waals surface area (Å²) in [6, 6.07) is 6.82. The van der Waals surface area contributed by atoms with Crippen molar-refractivity contribution in [3.63, 3.8) is 0 Å². The molecule has 4 heteroatoms. The van der Waals surface area contributed by atoms with Gasteiger partial charge in [0, 0.05) is 10.1 Å². The SMILES string of the molecule is CC(O)C(C)Sc1ccccc1C(=O)O. The first-order chi connectivity index (χ1) is 7.02. The lowest BCUT2D eigenvalue weighted by Crippen LogP contribution is -2.15. The number of hydrogen-bond donors (Lipinski definition) is 2. The molecule has 0 aromatic heterocycles. The number of rotatable bonds is 4. The van der Waals surface area contributed by atoms with E-state index in [4.69, 9.17) is 5.11 Å². The first-order valence-electron chi connectivity index (χ1n) is 4.69. The van der Waals surface area contributed by atoms with Crippen molar-refractivity contribution in [3.05, 3.63) is 29.8 Å². The van der Waals surface area contributed by atoms with Crippen molar-refractivity contribution in [2.24, 2.45) is 0 Å². The van der Waals surface area contributed by atoms with E-state index in [-0.39, 0.29) is 10.8 Å². The van der Waals surface area contributed by atoms with E-state index in [2.05, 4.69) is 0 Å². The Morgan fingerprint density at radius 1 is 1.33 bits per heavy atom. The maximum atomic E-state index is 10.9. The number of carboxylic acids is 1. The van der Waals surface area contributed by atoms with Crippen LogP contribution in [0.2, 0.25) is 0 Å². The lowest BCUT2D eigenvalue weighted by Gasteiger charge is -2.15. The van der Waals surface area contributed by atoms with Crippen LogP contribution >= 0.6 is 11.8 Å². The summed E-state index contributed by atoms with van der Waals surface area (Å²) in [4.78, 5) is 11.6. The second-order valence-corrected chi connectivity index (χ2v) is 4.78. The Labute approximate surface area is 93.1 Å². The lowest BCUT2D eigenvalue weighted by molar-refractivity contribution is 0.0693. The average Bonchev–Trinajstić information content (AvgIpc) is 2.18. The van der Waals surface area contributed by atoms with Gasteiger partial charge in [0.25, 0.3) is 0 Å². The molecule has 0 radical (unpaired) electrons. The number of thioether (sulfide) groups is 1. The van der Waals surface area contributed by atoms with Gasteiger partial charge >= 0.3 is 5.97 Å². The molecular weight excluding hydrogens is 212 g/mol. The zero-order chi connectivity index (χ0) is 11.4. The first kappa shape index (κ1) is 12.1. The molecule has 82 valence electrons. The largest absolute Gasteiger partial charge is 0.478 e. The predicted octanol–water partition coefficient (Wildman–Crippen LogP) is 2.25. The Hall–Kier alpha value is -1.00. The highest BCUT2D eigenvalue weighted by Crippen LogP contribution is 2.28. The number of aliphatic hydroxyl groups is 1. The molecular formula is C11H14O3S. The quantitative estimate of drug-likeness (QED) is 0.773. The van der Waals surface area contributed by atoms with Crippen LogP contribution in [0.5, 0.6) is 0 Å². The third-order valence-electron chi connectivity index (χ3n) is 2.11. The molecule has 1 aromatic rings. The minimum absolute atomic E-state index is 0.0227. The molecule has 3 nitrogen and oxygen atoms in total. The monoisotopic (exact) mass is 226 g/mol. The van der Waals surface area contributed by atoms with E-state index in [1.165, 1.54) is 11.8 Å². The Kier molecular flexibility index (Phi) is 4.17. The summed E-state index contributed by atoms with van der Waals surface area (Å²) < 4.78 is 0. The van der Waals surface area contributed by atoms with Gasteiger partial charge in [0.15, 0.2) is 0 Å². The fraction of sp³-hybridized carbons (Fsp3) is 0.364. The van der Waals surface area contributed by atoms with Crippen molar-refractivity contribution in [3.8, 4) is 0 Å². The summed E-state index contributed by atoms with van der Waals surface area (Å²) in [6.45, 7) is 3.56. The lowest BCUT2D eigenvalue weighted by atomic mass is 10.2. The first-order valence-corrected chi connectivity index (χ1v) is 5.57. The zero-order valence-electron chi connectivity index (χ0n) is 8.68. The zero-order valence-corrected chi connectivity index (χ0v) is 9.49. The van der Waals surface area contributed by atoms with Crippen molar-refractivity contribution in [1.29, 1.82) is 0 Å². The number of aliphatic hydroxyl groups excluding tert-OH is 1. The van der Waals surface area contributed by atoms with Crippen molar-refractivity contribution in [2.45, 2.75) is 30.1 Å². The predicted molar refractivity (Wildman–Crippen MR) is 60.4 cm³/mol. The fourth-order valence-corrected chi connectivity index (χ4v) is 2.08. The molecule has 0 aliphatic rings. The molecule has 2 atom stereocenters. The highest BCUT2D eigenvalue weighted by atomic mass is 32.2. The van der Waals surface area contributed by atoms with Gasteiger partial charge < -0.3 is 10.2 Å². The van der Waals surface area contributed by atoms with Crippen LogP contribution in [0.25, 0.3) is 0 Å². The molecule has 15 heavy (non-hydrogen) atoms. The maximum Gasteiger partial charge on any atom is 0.336 e. The number of aromatic carboxylic acids is 1. The van der Waals surface area contributed by atoms with Crippen molar-refractivity contribution in [2.75, 3.05) is 0 Å². The Morgan fingerprint density at radius 3 is 2.47 bits per heavy atom. The topological polar surface area (TPSA) is 57.5 Å². The van der Waals surface area contributed by atoms with Crippen molar-refractivity contribution >= 4 is 17.7 Å². The Bertz CT molecular complexity index is 349. The van der Waals surface area contributed by atoms with Crippen LogP contribution in [0.1, 0.15) is 24.2 Å². The van der Waals surface area contributed by atoms with Gasteiger partial charge in [-0.15, -0.1) is 11.8 Å². The Morgan fingerprint density at radius 2 is 1.93 bits per heavy atom. The van der Waals surface area contributed by atoms with Crippen molar-refractivity contribution in [1.82, 2.24) is 0 Å². The van der Waals surface area contributed by atoms with Gasteiger partial charge in [0.2, 0.25) is 0 Å². The van der Waals surface area contributed by atoms with Gasteiger partial charge in [0.1, 0.15) is 0 Å². The van der Waals surface area contributed by atoms with Gasteiger partial charge in [-0.25, -0.2) is 4.79 Å². The molecule has 2 unspecified atom stereocenters. The molecule has 0 fully saturated rings. The van der Waals surface area contributed by atoms with Gasteiger partial charge in [-0.05, 0) is 19.1 Å². The minimum atomic E-state index is -0.934. The average molecular weight is 226 g/mol. The summed E-state index contributed by atoms with van der Waals surface area (Å²) in [7, 11) is 0. The molecule has 0 bridgehead atoms. The van der Waals surface area contributed by atoms with E-state index in [1.54, 1.807) is 31.2 Å². The molecule has 0 aliphatic heterocycles. The van der Waals surface area contributed by atoms with Crippen LogP contribution < -0.4 is 0 Å². The summed E-state index contributed by atoms with van der Waals surface area (Å²) in [5, 5.41) is 18.3. The maximum absolute atomic E-state index is 10.9. The molecule has 0 saturated carbocycles. The smallest absolute Gasteiger partial charge is 0.336 e. The Balaban J connectivity index is 2.89. The molecule has 2 N–H and O–H groups in total. The van der Waals surface area contributed by atoms with Crippen LogP contribution in [-0.4, -0.2) is 27.5 Å². The van der Waals surface area contributed by atoms with E-state index in [1.807, 2.05) is 6.92 Å². The number of benzene rings is 1.